The van der Waals surface area contributed by atoms with Gasteiger partial charge in [-0.3, -0.25) is 0 Å². The van der Waals surface area contributed by atoms with Crippen LogP contribution in [0, 0.1) is 11.8 Å². The van der Waals surface area contributed by atoms with Crippen LogP contribution >= 0.6 is 0 Å². The third-order valence-corrected chi connectivity index (χ3v) is 4.74. The summed E-state index contributed by atoms with van der Waals surface area (Å²) in [6.45, 7) is 6.76. The fraction of sp³-hybridized carbons (Fsp3) is 1.00. The summed E-state index contributed by atoms with van der Waals surface area (Å²) in [7, 11) is 2.26. The molecule has 0 aromatic rings. The van der Waals surface area contributed by atoms with Crippen molar-refractivity contribution in [2.45, 2.75) is 44.9 Å². The first-order valence-electron chi connectivity index (χ1n) is 8.31. The molecule has 3 heteroatoms. The van der Waals surface area contributed by atoms with E-state index in [9.17, 15) is 0 Å². The molecule has 0 aromatic heterocycles. The van der Waals surface area contributed by atoms with Gasteiger partial charge in [0, 0.05) is 32.8 Å². The van der Waals surface area contributed by atoms with Crippen molar-refractivity contribution in [2.24, 2.45) is 11.8 Å². The van der Waals surface area contributed by atoms with E-state index >= 15 is 0 Å². The molecule has 2 fully saturated rings. The summed E-state index contributed by atoms with van der Waals surface area (Å²) < 4.78 is 5.42. The predicted molar refractivity (Wildman–Crippen MR) is 80.5 cm³/mol. The van der Waals surface area contributed by atoms with Crippen LogP contribution in [-0.2, 0) is 4.74 Å². The molecule has 1 aliphatic heterocycles. The van der Waals surface area contributed by atoms with Crippen LogP contribution in [0.5, 0.6) is 0 Å². The van der Waals surface area contributed by atoms with Gasteiger partial charge in [-0.25, -0.2) is 0 Å². The molecule has 2 rings (SSSR count). The van der Waals surface area contributed by atoms with Crippen molar-refractivity contribution in [3.8, 4) is 0 Å². The van der Waals surface area contributed by atoms with E-state index in [0.717, 1.165) is 31.6 Å². The quantitative estimate of drug-likeness (QED) is 0.718. The molecule has 2 aliphatic rings. The molecule has 1 heterocycles. The van der Waals surface area contributed by atoms with Gasteiger partial charge in [0.1, 0.15) is 0 Å². The average Bonchev–Trinajstić information content (AvgIpc) is 2.46. The highest BCUT2D eigenvalue weighted by Gasteiger charge is 2.16. The molecule has 3 nitrogen and oxygen atoms in total. The fourth-order valence-electron chi connectivity index (χ4n) is 3.43. The number of likely N-dealkylation sites (N-methyl/N-ethyl adjacent to an activating group) is 1. The second-order valence-corrected chi connectivity index (χ2v) is 6.53. The van der Waals surface area contributed by atoms with E-state index < -0.39 is 0 Å². The first-order chi connectivity index (χ1) is 9.34. The smallest absolute Gasteiger partial charge is 0.0469 e. The summed E-state index contributed by atoms with van der Waals surface area (Å²) in [6.07, 6.45) is 9.77. The van der Waals surface area contributed by atoms with E-state index in [-0.39, 0.29) is 0 Å². The SMILES string of the molecule is CN(CCNCC1CCCCC1)CC1CCOCC1. The molecule has 0 aromatic carbocycles. The summed E-state index contributed by atoms with van der Waals surface area (Å²) in [4.78, 5) is 2.49. The van der Waals surface area contributed by atoms with Crippen molar-refractivity contribution in [3.63, 3.8) is 0 Å². The Kier molecular flexibility index (Phi) is 7.18. The van der Waals surface area contributed by atoms with Gasteiger partial charge in [-0.1, -0.05) is 19.3 Å². The lowest BCUT2D eigenvalue weighted by molar-refractivity contribution is 0.0558. The van der Waals surface area contributed by atoms with Crippen LogP contribution in [0.1, 0.15) is 44.9 Å². The Labute approximate surface area is 119 Å². The maximum atomic E-state index is 5.42. The molecule has 0 atom stereocenters. The number of hydrogen-bond donors (Lipinski definition) is 1. The summed E-state index contributed by atoms with van der Waals surface area (Å²) in [5.74, 6) is 1.81. The highest BCUT2D eigenvalue weighted by Crippen LogP contribution is 2.22. The Balaban J connectivity index is 1.47. The molecule has 1 aliphatic carbocycles. The predicted octanol–water partition coefficient (Wildman–Crippen LogP) is 2.51. The largest absolute Gasteiger partial charge is 0.381 e. The second-order valence-electron chi connectivity index (χ2n) is 6.53. The molecular formula is C16H32N2O. The van der Waals surface area contributed by atoms with Crippen molar-refractivity contribution in [1.82, 2.24) is 10.2 Å². The number of hydrogen-bond acceptors (Lipinski definition) is 3. The number of nitrogens with one attached hydrogen (secondary N) is 1. The van der Waals surface area contributed by atoms with Gasteiger partial charge in [-0.15, -0.1) is 0 Å². The Morgan fingerprint density at radius 2 is 1.74 bits per heavy atom. The monoisotopic (exact) mass is 268 g/mol. The molecule has 0 spiro atoms. The van der Waals surface area contributed by atoms with E-state index in [2.05, 4.69) is 17.3 Å². The fourth-order valence-corrected chi connectivity index (χ4v) is 3.43. The Morgan fingerprint density at radius 3 is 2.47 bits per heavy atom. The Hall–Kier alpha value is -0.120. The minimum Gasteiger partial charge on any atom is -0.381 e. The Bertz CT molecular complexity index is 223. The normalized spacial score (nSPS) is 23.1. The van der Waals surface area contributed by atoms with E-state index in [1.165, 1.54) is 64.6 Å². The van der Waals surface area contributed by atoms with E-state index in [1.807, 2.05) is 0 Å². The first kappa shape index (κ1) is 15.3. The maximum Gasteiger partial charge on any atom is 0.0469 e. The minimum atomic E-state index is 0.858. The third kappa shape index (κ3) is 6.24. The lowest BCUT2D eigenvalue weighted by Gasteiger charge is -2.27. The summed E-state index contributed by atoms with van der Waals surface area (Å²) >= 11 is 0. The molecule has 0 bridgehead atoms. The van der Waals surface area contributed by atoms with Gasteiger partial charge in [-0.05, 0) is 51.1 Å². The van der Waals surface area contributed by atoms with Gasteiger partial charge in [0.25, 0.3) is 0 Å². The van der Waals surface area contributed by atoms with Gasteiger partial charge in [-0.2, -0.15) is 0 Å². The zero-order chi connectivity index (χ0) is 13.3. The highest BCUT2D eigenvalue weighted by molar-refractivity contribution is 4.70. The van der Waals surface area contributed by atoms with Crippen LogP contribution in [0.15, 0.2) is 0 Å². The summed E-state index contributed by atoms with van der Waals surface area (Å²) in [6, 6.07) is 0. The lowest BCUT2D eigenvalue weighted by atomic mass is 9.89. The van der Waals surface area contributed by atoms with Gasteiger partial charge < -0.3 is 15.0 Å². The second kappa shape index (κ2) is 8.93. The Morgan fingerprint density at radius 1 is 1.00 bits per heavy atom. The number of ether oxygens (including phenoxy) is 1. The maximum absolute atomic E-state index is 5.42. The number of nitrogens with zero attached hydrogens (tertiary/aromatic N) is 1. The highest BCUT2D eigenvalue weighted by atomic mass is 16.5. The summed E-state index contributed by atoms with van der Waals surface area (Å²) in [5, 5.41) is 3.66. The van der Waals surface area contributed by atoms with Crippen molar-refractivity contribution in [1.29, 1.82) is 0 Å². The lowest BCUT2D eigenvalue weighted by Crippen LogP contribution is -2.36. The van der Waals surface area contributed by atoms with E-state index in [1.54, 1.807) is 0 Å². The molecule has 1 saturated heterocycles. The van der Waals surface area contributed by atoms with Crippen LogP contribution < -0.4 is 5.32 Å². The minimum absolute atomic E-state index is 0.858. The van der Waals surface area contributed by atoms with Crippen LogP contribution in [0.3, 0.4) is 0 Å². The van der Waals surface area contributed by atoms with Gasteiger partial charge in [0.2, 0.25) is 0 Å². The van der Waals surface area contributed by atoms with Crippen LogP contribution in [-0.4, -0.2) is 51.3 Å². The standard InChI is InChI=1S/C16H32N2O/c1-18(14-16-7-11-19-12-8-16)10-9-17-13-15-5-3-2-4-6-15/h15-17H,2-14H2,1H3. The van der Waals surface area contributed by atoms with Crippen molar-refractivity contribution >= 4 is 0 Å². The molecule has 0 unspecified atom stereocenters. The zero-order valence-corrected chi connectivity index (χ0v) is 12.7. The zero-order valence-electron chi connectivity index (χ0n) is 12.7. The van der Waals surface area contributed by atoms with Crippen LogP contribution in [0.2, 0.25) is 0 Å². The molecule has 0 amide bonds. The van der Waals surface area contributed by atoms with Gasteiger partial charge >= 0.3 is 0 Å². The van der Waals surface area contributed by atoms with E-state index in [0.29, 0.717) is 0 Å². The van der Waals surface area contributed by atoms with Gasteiger partial charge in [0.15, 0.2) is 0 Å². The molecule has 112 valence electrons. The van der Waals surface area contributed by atoms with E-state index in [4.69, 9.17) is 4.74 Å². The number of rotatable bonds is 7. The molecule has 1 saturated carbocycles. The third-order valence-electron chi connectivity index (χ3n) is 4.74. The van der Waals surface area contributed by atoms with Gasteiger partial charge in [0.05, 0.1) is 0 Å². The molecule has 1 N–H and O–H groups in total. The van der Waals surface area contributed by atoms with Crippen LogP contribution in [0.4, 0.5) is 0 Å². The molecule has 19 heavy (non-hydrogen) atoms. The topological polar surface area (TPSA) is 24.5 Å². The molecular weight excluding hydrogens is 236 g/mol. The van der Waals surface area contributed by atoms with Crippen molar-refractivity contribution < 1.29 is 4.74 Å². The van der Waals surface area contributed by atoms with Crippen molar-refractivity contribution in [2.75, 3.05) is 46.4 Å². The van der Waals surface area contributed by atoms with Crippen molar-refractivity contribution in [3.05, 3.63) is 0 Å². The first-order valence-corrected chi connectivity index (χ1v) is 8.31. The summed E-state index contributed by atoms with van der Waals surface area (Å²) in [5.41, 5.74) is 0. The molecule has 0 radical (unpaired) electrons. The average molecular weight is 268 g/mol. The van der Waals surface area contributed by atoms with Crippen LogP contribution in [0.25, 0.3) is 0 Å².